The van der Waals surface area contributed by atoms with Crippen LogP contribution in [0.2, 0.25) is 0 Å². The van der Waals surface area contributed by atoms with Gasteiger partial charge in [-0.2, -0.15) is 0 Å². The molecular weight excluding hydrogens is 300 g/mol. The first-order valence-corrected chi connectivity index (χ1v) is 8.19. The van der Waals surface area contributed by atoms with Gasteiger partial charge in [0.05, 0.1) is 5.56 Å². The van der Waals surface area contributed by atoms with Crippen LogP contribution >= 0.6 is 0 Å². The highest BCUT2D eigenvalue weighted by Crippen LogP contribution is 2.17. The first-order chi connectivity index (χ1) is 11.5. The van der Waals surface area contributed by atoms with Crippen molar-refractivity contribution in [3.63, 3.8) is 0 Å². The van der Waals surface area contributed by atoms with Gasteiger partial charge < -0.3 is 15.5 Å². The second-order valence-electron chi connectivity index (χ2n) is 6.29. The van der Waals surface area contributed by atoms with Gasteiger partial charge in [-0.3, -0.25) is 4.79 Å². The molecule has 0 saturated heterocycles. The van der Waals surface area contributed by atoms with E-state index < -0.39 is 0 Å². The molecule has 2 N–H and O–H groups in total. The molecular formula is C19H26N4O. The molecule has 1 heterocycles. The van der Waals surface area contributed by atoms with Gasteiger partial charge in [-0.25, -0.2) is 4.98 Å². The Bertz CT molecular complexity index is 680. The predicted molar refractivity (Wildman–Crippen MR) is 99.8 cm³/mol. The Hall–Kier alpha value is -2.40. The molecule has 0 spiro atoms. The molecule has 24 heavy (non-hydrogen) atoms. The van der Waals surface area contributed by atoms with Crippen molar-refractivity contribution >= 4 is 17.4 Å². The van der Waals surface area contributed by atoms with Gasteiger partial charge in [0, 0.05) is 18.4 Å². The Morgan fingerprint density at radius 2 is 1.96 bits per heavy atom. The molecule has 0 aliphatic carbocycles. The van der Waals surface area contributed by atoms with Crippen LogP contribution in [-0.4, -0.2) is 43.0 Å². The molecule has 0 aliphatic rings. The standard InChI is InChI=1S/C19H26N4O/c1-14-6-7-15(2)17(12-14)22-19(24)16-8-9-18(21-13-16)20-10-5-11-23(3)4/h6-9,12-13H,5,10-11H2,1-4H3,(H,20,21)(H,22,24). The lowest BCUT2D eigenvalue weighted by molar-refractivity contribution is 0.102. The van der Waals surface area contributed by atoms with E-state index in [-0.39, 0.29) is 5.91 Å². The number of carbonyl (C=O) groups is 1. The highest BCUT2D eigenvalue weighted by Gasteiger charge is 2.08. The predicted octanol–water partition coefficient (Wildman–Crippen LogP) is 3.31. The maximum Gasteiger partial charge on any atom is 0.257 e. The van der Waals surface area contributed by atoms with E-state index >= 15 is 0 Å². The minimum atomic E-state index is -0.143. The van der Waals surface area contributed by atoms with Crippen LogP contribution in [-0.2, 0) is 0 Å². The first kappa shape index (κ1) is 17.9. The summed E-state index contributed by atoms with van der Waals surface area (Å²) < 4.78 is 0. The zero-order valence-electron chi connectivity index (χ0n) is 14.9. The Morgan fingerprint density at radius 1 is 1.17 bits per heavy atom. The third-order valence-electron chi connectivity index (χ3n) is 3.76. The summed E-state index contributed by atoms with van der Waals surface area (Å²) in [7, 11) is 4.11. The van der Waals surface area contributed by atoms with E-state index in [4.69, 9.17) is 0 Å². The normalized spacial score (nSPS) is 10.7. The highest BCUT2D eigenvalue weighted by molar-refractivity contribution is 6.04. The summed E-state index contributed by atoms with van der Waals surface area (Å²) in [6, 6.07) is 9.64. The minimum absolute atomic E-state index is 0.143. The monoisotopic (exact) mass is 326 g/mol. The average Bonchev–Trinajstić information content (AvgIpc) is 2.55. The van der Waals surface area contributed by atoms with Crippen molar-refractivity contribution in [2.45, 2.75) is 20.3 Å². The van der Waals surface area contributed by atoms with Crippen molar-refractivity contribution in [3.05, 3.63) is 53.2 Å². The van der Waals surface area contributed by atoms with E-state index in [1.54, 1.807) is 12.3 Å². The fourth-order valence-electron chi connectivity index (χ4n) is 2.31. The zero-order chi connectivity index (χ0) is 17.5. The molecule has 1 aromatic heterocycles. The second-order valence-corrected chi connectivity index (χ2v) is 6.29. The molecule has 0 radical (unpaired) electrons. The second kappa shape index (κ2) is 8.45. The van der Waals surface area contributed by atoms with Crippen molar-refractivity contribution < 1.29 is 4.79 Å². The average molecular weight is 326 g/mol. The Morgan fingerprint density at radius 3 is 2.62 bits per heavy atom. The SMILES string of the molecule is Cc1ccc(C)c(NC(=O)c2ccc(NCCCN(C)C)nc2)c1. The summed E-state index contributed by atoms with van der Waals surface area (Å²) in [5.74, 6) is 0.646. The fraction of sp³-hybridized carbons (Fsp3) is 0.368. The van der Waals surface area contributed by atoms with E-state index in [9.17, 15) is 4.79 Å². The van der Waals surface area contributed by atoms with Gasteiger partial charge in [-0.05, 0) is 70.2 Å². The molecule has 0 fully saturated rings. The third kappa shape index (κ3) is 5.35. The van der Waals surface area contributed by atoms with Crippen molar-refractivity contribution in [2.75, 3.05) is 37.8 Å². The van der Waals surface area contributed by atoms with Gasteiger partial charge in [-0.1, -0.05) is 12.1 Å². The molecule has 0 atom stereocenters. The minimum Gasteiger partial charge on any atom is -0.370 e. The summed E-state index contributed by atoms with van der Waals surface area (Å²) in [4.78, 5) is 18.8. The van der Waals surface area contributed by atoms with Gasteiger partial charge >= 0.3 is 0 Å². The Labute approximate surface area is 144 Å². The van der Waals surface area contributed by atoms with Gasteiger partial charge in [-0.15, -0.1) is 0 Å². The molecule has 0 unspecified atom stereocenters. The summed E-state index contributed by atoms with van der Waals surface area (Å²) in [6.45, 7) is 5.88. The van der Waals surface area contributed by atoms with Crippen LogP contribution < -0.4 is 10.6 Å². The van der Waals surface area contributed by atoms with E-state index in [0.29, 0.717) is 5.56 Å². The third-order valence-corrected chi connectivity index (χ3v) is 3.76. The largest absolute Gasteiger partial charge is 0.370 e. The summed E-state index contributed by atoms with van der Waals surface area (Å²) in [6.07, 6.45) is 2.65. The number of amides is 1. The maximum atomic E-state index is 12.3. The molecule has 0 saturated carbocycles. The Balaban J connectivity index is 1.92. The first-order valence-electron chi connectivity index (χ1n) is 8.19. The van der Waals surface area contributed by atoms with Crippen LogP contribution in [0.25, 0.3) is 0 Å². The van der Waals surface area contributed by atoms with Crippen LogP contribution in [0.5, 0.6) is 0 Å². The van der Waals surface area contributed by atoms with Crippen LogP contribution in [0.3, 0.4) is 0 Å². The zero-order valence-corrected chi connectivity index (χ0v) is 14.9. The molecule has 5 heteroatoms. The smallest absolute Gasteiger partial charge is 0.257 e. The number of nitrogens with zero attached hydrogens (tertiary/aromatic N) is 2. The molecule has 128 valence electrons. The molecule has 2 rings (SSSR count). The topological polar surface area (TPSA) is 57.3 Å². The lowest BCUT2D eigenvalue weighted by atomic mass is 10.1. The molecule has 1 amide bonds. The van der Waals surface area contributed by atoms with Crippen molar-refractivity contribution in [1.29, 1.82) is 0 Å². The molecule has 0 aliphatic heterocycles. The van der Waals surface area contributed by atoms with E-state index in [1.165, 1.54) is 0 Å². The number of anilines is 2. The lowest BCUT2D eigenvalue weighted by Gasteiger charge is -2.11. The van der Waals surface area contributed by atoms with Crippen molar-refractivity contribution in [1.82, 2.24) is 9.88 Å². The van der Waals surface area contributed by atoms with E-state index in [1.807, 2.05) is 38.1 Å². The number of aromatic nitrogens is 1. The summed E-state index contributed by atoms with van der Waals surface area (Å²) in [5, 5.41) is 6.21. The van der Waals surface area contributed by atoms with Crippen LogP contribution in [0.4, 0.5) is 11.5 Å². The summed E-state index contributed by atoms with van der Waals surface area (Å²) in [5.41, 5.74) is 3.55. The molecule has 5 nitrogen and oxygen atoms in total. The van der Waals surface area contributed by atoms with Crippen molar-refractivity contribution in [3.8, 4) is 0 Å². The number of rotatable bonds is 7. The van der Waals surface area contributed by atoms with Crippen LogP contribution in [0, 0.1) is 13.8 Å². The molecule has 0 bridgehead atoms. The molecule has 2 aromatic rings. The van der Waals surface area contributed by atoms with Crippen molar-refractivity contribution in [2.24, 2.45) is 0 Å². The van der Waals surface area contributed by atoms with E-state index in [0.717, 1.165) is 42.1 Å². The lowest BCUT2D eigenvalue weighted by Crippen LogP contribution is -2.17. The van der Waals surface area contributed by atoms with Crippen LogP contribution in [0.1, 0.15) is 27.9 Å². The maximum absolute atomic E-state index is 12.3. The quantitative estimate of drug-likeness (QED) is 0.767. The number of carbonyl (C=O) groups excluding carboxylic acids is 1. The Kier molecular flexibility index (Phi) is 6.32. The van der Waals surface area contributed by atoms with Crippen LogP contribution in [0.15, 0.2) is 36.5 Å². The van der Waals surface area contributed by atoms with E-state index in [2.05, 4.69) is 34.6 Å². The number of aryl methyl sites for hydroxylation is 2. The van der Waals surface area contributed by atoms with Gasteiger partial charge in [0.2, 0.25) is 0 Å². The van der Waals surface area contributed by atoms with Gasteiger partial charge in [0.25, 0.3) is 5.91 Å². The van der Waals surface area contributed by atoms with Gasteiger partial charge in [0.15, 0.2) is 0 Å². The van der Waals surface area contributed by atoms with Gasteiger partial charge in [0.1, 0.15) is 5.82 Å². The fourth-order valence-corrected chi connectivity index (χ4v) is 2.31. The number of pyridine rings is 1. The number of hydrogen-bond donors (Lipinski definition) is 2. The molecule has 1 aromatic carbocycles. The number of benzene rings is 1. The number of nitrogens with one attached hydrogen (secondary N) is 2. The summed E-state index contributed by atoms with van der Waals surface area (Å²) >= 11 is 0. The number of hydrogen-bond acceptors (Lipinski definition) is 4. The highest BCUT2D eigenvalue weighted by atomic mass is 16.1.